The summed E-state index contributed by atoms with van der Waals surface area (Å²) in [6.07, 6.45) is 4.71. The summed E-state index contributed by atoms with van der Waals surface area (Å²) in [4.78, 5) is 4.15. The molecule has 0 atom stereocenters. The van der Waals surface area contributed by atoms with Crippen LogP contribution in [-0.4, -0.2) is 31.1 Å². The summed E-state index contributed by atoms with van der Waals surface area (Å²) in [6, 6.07) is 10.2. The lowest BCUT2D eigenvalue weighted by Crippen LogP contribution is -2.21. The lowest BCUT2D eigenvalue weighted by atomic mass is 10.2. The number of nitrogens with zero attached hydrogens (tertiary/aromatic N) is 3. The molecule has 1 aromatic heterocycles. The maximum Gasteiger partial charge on any atom is 0.278 e. The summed E-state index contributed by atoms with van der Waals surface area (Å²) in [6.45, 7) is 1.90. The molecule has 1 aromatic carbocycles. The van der Waals surface area contributed by atoms with Crippen molar-refractivity contribution < 1.29 is 8.42 Å². The van der Waals surface area contributed by atoms with E-state index in [-0.39, 0.29) is 4.90 Å². The van der Waals surface area contributed by atoms with Gasteiger partial charge in [0.25, 0.3) is 10.0 Å². The van der Waals surface area contributed by atoms with E-state index >= 15 is 0 Å². The molecule has 0 amide bonds. The molecular formula is C14H15N3O2S. The predicted molar refractivity (Wildman–Crippen MR) is 78.0 cm³/mol. The van der Waals surface area contributed by atoms with Gasteiger partial charge in [0.1, 0.15) is 0 Å². The summed E-state index contributed by atoms with van der Waals surface area (Å²) in [5, 5.41) is 3.95. The first-order valence-corrected chi connectivity index (χ1v) is 7.44. The Morgan fingerprint density at radius 1 is 1.20 bits per heavy atom. The number of aryl methyl sites for hydroxylation is 1. The largest absolute Gasteiger partial charge is 0.278 e. The zero-order chi connectivity index (χ0) is 14.6. The smallest absolute Gasteiger partial charge is 0.264 e. The number of rotatable bonds is 4. The van der Waals surface area contributed by atoms with E-state index in [0.717, 1.165) is 15.5 Å². The Bertz CT molecular complexity index is 695. The molecule has 0 saturated carbocycles. The number of benzene rings is 1. The monoisotopic (exact) mass is 289 g/mol. The molecule has 104 valence electrons. The number of hydrogen-bond donors (Lipinski definition) is 0. The van der Waals surface area contributed by atoms with Gasteiger partial charge in [-0.2, -0.15) is 17.9 Å². The van der Waals surface area contributed by atoms with E-state index in [2.05, 4.69) is 10.1 Å². The summed E-state index contributed by atoms with van der Waals surface area (Å²) in [7, 11) is -2.21. The van der Waals surface area contributed by atoms with Crippen LogP contribution in [0.3, 0.4) is 0 Å². The van der Waals surface area contributed by atoms with E-state index in [4.69, 9.17) is 0 Å². The molecule has 20 heavy (non-hydrogen) atoms. The first kappa shape index (κ1) is 14.2. The van der Waals surface area contributed by atoms with Crippen LogP contribution in [0.25, 0.3) is 0 Å². The molecule has 5 nitrogen and oxygen atoms in total. The normalized spacial score (nSPS) is 11.7. The third kappa shape index (κ3) is 3.21. The minimum atomic E-state index is -3.61. The van der Waals surface area contributed by atoms with Crippen molar-refractivity contribution in [2.24, 2.45) is 5.10 Å². The van der Waals surface area contributed by atoms with E-state index in [0.29, 0.717) is 0 Å². The summed E-state index contributed by atoms with van der Waals surface area (Å²) < 4.78 is 25.5. The van der Waals surface area contributed by atoms with Crippen LogP contribution >= 0.6 is 0 Å². The third-order valence-electron chi connectivity index (χ3n) is 2.72. The quantitative estimate of drug-likeness (QED) is 0.639. The first-order valence-electron chi connectivity index (χ1n) is 6.00. The molecular weight excluding hydrogens is 274 g/mol. The van der Waals surface area contributed by atoms with Gasteiger partial charge in [0, 0.05) is 25.0 Å². The second-order valence-corrected chi connectivity index (χ2v) is 6.23. The standard InChI is InChI=1S/C14H15N3O2S/c1-12-5-7-14(8-6-12)20(18,19)17(2)16-11-13-4-3-9-15-10-13/h3-11H,1-2H3/b16-11+. The molecule has 0 unspecified atom stereocenters. The number of hydrogen-bond acceptors (Lipinski definition) is 4. The highest BCUT2D eigenvalue weighted by Crippen LogP contribution is 2.15. The van der Waals surface area contributed by atoms with E-state index in [1.54, 1.807) is 48.8 Å². The van der Waals surface area contributed by atoms with E-state index in [1.165, 1.54) is 13.3 Å². The Kier molecular flexibility index (Phi) is 4.14. The first-order chi connectivity index (χ1) is 9.50. The molecule has 0 aliphatic carbocycles. The number of pyridine rings is 1. The molecule has 2 rings (SSSR count). The lowest BCUT2D eigenvalue weighted by molar-refractivity contribution is 0.491. The highest BCUT2D eigenvalue weighted by Gasteiger charge is 2.18. The summed E-state index contributed by atoms with van der Waals surface area (Å²) in [5.74, 6) is 0. The highest BCUT2D eigenvalue weighted by atomic mass is 32.2. The Hall–Kier alpha value is -2.21. The summed E-state index contributed by atoms with van der Waals surface area (Å²) >= 11 is 0. The van der Waals surface area contributed by atoms with Crippen LogP contribution in [0.2, 0.25) is 0 Å². The van der Waals surface area contributed by atoms with Crippen LogP contribution in [0, 0.1) is 6.92 Å². The van der Waals surface area contributed by atoms with Crippen LogP contribution < -0.4 is 0 Å². The van der Waals surface area contributed by atoms with Crippen LogP contribution in [0.4, 0.5) is 0 Å². The van der Waals surface area contributed by atoms with E-state index < -0.39 is 10.0 Å². The zero-order valence-corrected chi connectivity index (χ0v) is 12.1. The minimum absolute atomic E-state index is 0.217. The molecule has 2 aromatic rings. The van der Waals surface area contributed by atoms with Gasteiger partial charge in [-0.3, -0.25) is 4.98 Å². The van der Waals surface area contributed by atoms with Gasteiger partial charge in [-0.05, 0) is 25.1 Å². The topological polar surface area (TPSA) is 62.6 Å². The third-order valence-corrected chi connectivity index (χ3v) is 4.38. The molecule has 0 saturated heterocycles. The second kappa shape index (κ2) is 5.83. The Morgan fingerprint density at radius 2 is 1.90 bits per heavy atom. The van der Waals surface area contributed by atoms with Crippen molar-refractivity contribution in [2.75, 3.05) is 7.05 Å². The molecule has 1 heterocycles. The van der Waals surface area contributed by atoms with Gasteiger partial charge in [0.15, 0.2) is 0 Å². The van der Waals surface area contributed by atoms with Gasteiger partial charge in [-0.15, -0.1) is 0 Å². The van der Waals surface area contributed by atoms with Gasteiger partial charge >= 0.3 is 0 Å². The molecule has 0 spiro atoms. The van der Waals surface area contributed by atoms with E-state index in [1.807, 2.05) is 6.92 Å². The minimum Gasteiger partial charge on any atom is -0.264 e. The van der Waals surface area contributed by atoms with Gasteiger partial charge in [-0.1, -0.05) is 23.8 Å². The highest BCUT2D eigenvalue weighted by molar-refractivity contribution is 7.89. The number of hydrazone groups is 1. The van der Waals surface area contributed by atoms with Crippen molar-refractivity contribution in [3.63, 3.8) is 0 Å². The van der Waals surface area contributed by atoms with Crippen LogP contribution in [0.15, 0.2) is 58.8 Å². The van der Waals surface area contributed by atoms with Crippen molar-refractivity contribution in [3.8, 4) is 0 Å². The molecule has 0 N–H and O–H groups in total. The van der Waals surface area contributed by atoms with Crippen molar-refractivity contribution >= 4 is 16.2 Å². The van der Waals surface area contributed by atoms with Crippen LogP contribution in [-0.2, 0) is 10.0 Å². The fourth-order valence-corrected chi connectivity index (χ4v) is 2.48. The SMILES string of the molecule is Cc1ccc(S(=O)(=O)N(C)/N=C/c2cccnc2)cc1. The van der Waals surface area contributed by atoms with Crippen LogP contribution in [0.5, 0.6) is 0 Å². The Morgan fingerprint density at radius 3 is 2.50 bits per heavy atom. The zero-order valence-electron chi connectivity index (χ0n) is 11.3. The molecule has 6 heteroatoms. The molecule has 0 radical (unpaired) electrons. The maximum absolute atomic E-state index is 12.3. The molecule has 0 fully saturated rings. The fraction of sp³-hybridized carbons (Fsp3) is 0.143. The van der Waals surface area contributed by atoms with Crippen LogP contribution in [0.1, 0.15) is 11.1 Å². The average Bonchev–Trinajstić information content (AvgIpc) is 2.46. The second-order valence-electron chi connectivity index (χ2n) is 4.28. The van der Waals surface area contributed by atoms with Crippen molar-refractivity contribution in [1.29, 1.82) is 0 Å². The van der Waals surface area contributed by atoms with Crippen molar-refractivity contribution in [1.82, 2.24) is 9.40 Å². The fourth-order valence-electron chi connectivity index (χ4n) is 1.53. The number of sulfonamides is 1. The van der Waals surface area contributed by atoms with Gasteiger partial charge in [0.2, 0.25) is 0 Å². The molecule has 0 aliphatic rings. The molecule has 0 bridgehead atoms. The Balaban J connectivity index is 2.21. The maximum atomic E-state index is 12.3. The van der Waals surface area contributed by atoms with Crippen molar-refractivity contribution in [2.45, 2.75) is 11.8 Å². The number of aromatic nitrogens is 1. The predicted octanol–water partition coefficient (Wildman–Crippen LogP) is 2.04. The van der Waals surface area contributed by atoms with E-state index in [9.17, 15) is 8.42 Å². The van der Waals surface area contributed by atoms with Gasteiger partial charge in [0.05, 0.1) is 11.1 Å². The van der Waals surface area contributed by atoms with Gasteiger partial charge in [-0.25, -0.2) is 0 Å². The summed E-state index contributed by atoms with van der Waals surface area (Å²) in [5.41, 5.74) is 1.74. The van der Waals surface area contributed by atoms with Crippen molar-refractivity contribution in [3.05, 3.63) is 59.9 Å². The van der Waals surface area contributed by atoms with Gasteiger partial charge < -0.3 is 0 Å². The Labute approximate surface area is 118 Å². The lowest BCUT2D eigenvalue weighted by Gasteiger charge is -2.13. The average molecular weight is 289 g/mol. The molecule has 0 aliphatic heterocycles.